The van der Waals surface area contributed by atoms with Crippen LogP contribution < -0.4 is 5.46 Å². The van der Waals surface area contributed by atoms with Crippen LogP contribution in [0.25, 0.3) is 0 Å². The molecule has 0 bridgehead atoms. The van der Waals surface area contributed by atoms with Gasteiger partial charge in [0.15, 0.2) is 0 Å². The quantitative estimate of drug-likeness (QED) is 0.791. The molecule has 2 aromatic carbocycles. The maximum atomic E-state index is 10.8. The Morgan fingerprint density at radius 1 is 1.11 bits per heavy atom. The summed E-state index contributed by atoms with van der Waals surface area (Å²) in [6.45, 7) is 0.150. The monoisotopic (exact) mass is 256 g/mol. The number of benzene rings is 2. The van der Waals surface area contributed by atoms with Crippen molar-refractivity contribution in [2.75, 3.05) is 0 Å². The van der Waals surface area contributed by atoms with Crippen LogP contribution in [0, 0.1) is 0 Å². The molecule has 5 heteroatoms. The van der Waals surface area contributed by atoms with Crippen LogP contribution in [0.4, 0.5) is 0 Å². The summed E-state index contributed by atoms with van der Waals surface area (Å²) in [6.07, 6.45) is 0. The van der Waals surface area contributed by atoms with Crippen LogP contribution in [-0.2, 0) is 11.3 Å². The first kappa shape index (κ1) is 13.3. The Morgan fingerprint density at radius 2 is 1.84 bits per heavy atom. The lowest BCUT2D eigenvalue weighted by Gasteiger charge is -2.08. The molecule has 2 N–H and O–H groups in total. The van der Waals surface area contributed by atoms with Gasteiger partial charge in [-0.15, -0.1) is 0 Å². The highest BCUT2D eigenvalue weighted by Gasteiger charge is 2.15. The molecule has 4 nitrogen and oxygen atoms in total. The van der Waals surface area contributed by atoms with E-state index < -0.39 is 13.1 Å². The summed E-state index contributed by atoms with van der Waals surface area (Å²) in [7, 11) is -1.02. The van der Waals surface area contributed by atoms with E-state index >= 15 is 0 Å². The van der Waals surface area contributed by atoms with E-state index in [4.69, 9.17) is 9.76 Å². The molecule has 0 saturated carbocycles. The number of aromatic carboxylic acids is 1. The molecule has 0 fully saturated rings. The molecule has 0 amide bonds. The van der Waals surface area contributed by atoms with Crippen molar-refractivity contribution in [1.29, 1.82) is 0 Å². The smallest absolute Gasteiger partial charge is 0.478 e. The Bertz CT molecular complexity index is 556. The van der Waals surface area contributed by atoms with E-state index in [-0.39, 0.29) is 12.2 Å². The van der Waals surface area contributed by atoms with Gasteiger partial charge >= 0.3 is 13.1 Å². The van der Waals surface area contributed by atoms with Crippen molar-refractivity contribution in [2.45, 2.75) is 6.61 Å². The summed E-state index contributed by atoms with van der Waals surface area (Å²) >= 11 is 0. The van der Waals surface area contributed by atoms with E-state index in [1.54, 1.807) is 24.3 Å². The molecule has 19 heavy (non-hydrogen) atoms. The molecule has 0 aliphatic heterocycles. The molecule has 0 unspecified atom stereocenters. The van der Waals surface area contributed by atoms with Crippen LogP contribution >= 0.6 is 0 Å². The standard InChI is InChI=1S/C14H13BO4/c16-14(17)12-6-4-5-11(9-12)10-19-15(18)13-7-2-1-3-8-13/h1-9,18H,10H2,(H,16,17). The molecule has 2 aromatic rings. The average Bonchev–Trinajstić information content (AvgIpc) is 2.46. The Morgan fingerprint density at radius 3 is 2.53 bits per heavy atom. The highest BCUT2D eigenvalue weighted by atomic mass is 16.5. The van der Waals surface area contributed by atoms with Gasteiger partial charge in [-0.2, -0.15) is 0 Å². The molecule has 0 heterocycles. The first-order valence-corrected chi connectivity index (χ1v) is 5.83. The van der Waals surface area contributed by atoms with Crippen molar-refractivity contribution in [3.05, 3.63) is 65.7 Å². The average molecular weight is 256 g/mol. The van der Waals surface area contributed by atoms with Crippen molar-refractivity contribution in [1.82, 2.24) is 0 Å². The van der Waals surface area contributed by atoms with Gasteiger partial charge in [0.25, 0.3) is 0 Å². The fourth-order valence-electron chi connectivity index (χ4n) is 1.68. The highest BCUT2D eigenvalue weighted by molar-refractivity contribution is 6.59. The summed E-state index contributed by atoms with van der Waals surface area (Å²) in [5.41, 5.74) is 1.57. The Balaban J connectivity index is 1.99. The number of hydrogen-bond donors (Lipinski definition) is 2. The predicted molar refractivity (Wildman–Crippen MR) is 72.2 cm³/mol. The van der Waals surface area contributed by atoms with Gasteiger partial charge in [-0.1, -0.05) is 42.5 Å². The second-order valence-corrected chi connectivity index (χ2v) is 4.08. The predicted octanol–water partition coefficient (Wildman–Crippen LogP) is 1.29. The van der Waals surface area contributed by atoms with Crippen LogP contribution in [0.5, 0.6) is 0 Å². The fourth-order valence-corrected chi connectivity index (χ4v) is 1.68. The Labute approximate surface area is 111 Å². The lowest BCUT2D eigenvalue weighted by molar-refractivity contribution is 0.0696. The minimum atomic E-state index is -1.02. The first-order valence-electron chi connectivity index (χ1n) is 5.83. The SMILES string of the molecule is O=C(O)c1cccc(COB(O)c2ccccc2)c1. The summed E-state index contributed by atoms with van der Waals surface area (Å²) in [4.78, 5) is 10.8. The summed E-state index contributed by atoms with van der Waals surface area (Å²) < 4.78 is 5.31. The molecular formula is C14H13BO4. The number of rotatable bonds is 5. The largest absolute Gasteiger partial charge is 0.491 e. The first-order chi connectivity index (χ1) is 9.16. The van der Waals surface area contributed by atoms with Crippen LogP contribution in [0.2, 0.25) is 0 Å². The van der Waals surface area contributed by atoms with E-state index in [9.17, 15) is 9.82 Å². The van der Waals surface area contributed by atoms with Crippen LogP contribution in [-0.4, -0.2) is 23.2 Å². The fraction of sp³-hybridized carbons (Fsp3) is 0.0714. The van der Waals surface area contributed by atoms with Gasteiger partial charge in [0.2, 0.25) is 0 Å². The van der Waals surface area contributed by atoms with E-state index in [1.165, 1.54) is 12.1 Å². The second-order valence-electron chi connectivity index (χ2n) is 4.08. The van der Waals surface area contributed by atoms with E-state index in [0.717, 1.165) is 0 Å². The van der Waals surface area contributed by atoms with Gasteiger partial charge in [0.1, 0.15) is 0 Å². The van der Waals surface area contributed by atoms with Gasteiger partial charge in [0, 0.05) is 0 Å². The van der Waals surface area contributed by atoms with Crippen molar-refractivity contribution < 1.29 is 19.6 Å². The molecule has 0 spiro atoms. The maximum absolute atomic E-state index is 10.8. The van der Waals surface area contributed by atoms with E-state index in [2.05, 4.69) is 0 Å². The highest BCUT2D eigenvalue weighted by Crippen LogP contribution is 2.07. The van der Waals surface area contributed by atoms with Crippen molar-refractivity contribution in [2.24, 2.45) is 0 Å². The normalized spacial score (nSPS) is 10.2. The minimum Gasteiger partial charge on any atom is -0.478 e. The summed E-state index contributed by atoms with van der Waals surface area (Å²) in [5.74, 6) is -0.981. The third kappa shape index (κ3) is 3.68. The van der Waals surface area contributed by atoms with E-state index in [0.29, 0.717) is 11.0 Å². The molecule has 2 rings (SSSR count). The zero-order valence-electron chi connectivity index (χ0n) is 10.2. The van der Waals surface area contributed by atoms with Crippen molar-refractivity contribution >= 4 is 18.6 Å². The molecule has 0 radical (unpaired) electrons. The summed E-state index contributed by atoms with van der Waals surface area (Å²) in [6, 6.07) is 15.4. The topological polar surface area (TPSA) is 66.8 Å². The van der Waals surface area contributed by atoms with Gasteiger partial charge in [-0.3, -0.25) is 0 Å². The molecule has 96 valence electrons. The van der Waals surface area contributed by atoms with E-state index in [1.807, 2.05) is 18.2 Å². The molecule has 0 aromatic heterocycles. The minimum absolute atomic E-state index is 0.150. The number of hydrogen-bond acceptors (Lipinski definition) is 3. The molecule has 0 atom stereocenters. The van der Waals surface area contributed by atoms with Gasteiger partial charge in [-0.05, 0) is 23.2 Å². The lowest BCUT2D eigenvalue weighted by atomic mass is 9.79. The molecule has 0 aliphatic rings. The van der Waals surface area contributed by atoms with Gasteiger partial charge in [-0.25, -0.2) is 4.79 Å². The van der Waals surface area contributed by atoms with Crippen LogP contribution in [0.1, 0.15) is 15.9 Å². The van der Waals surface area contributed by atoms with Gasteiger partial charge < -0.3 is 14.8 Å². The number of carboxylic acids is 1. The summed E-state index contributed by atoms with van der Waals surface area (Å²) in [5, 5.41) is 18.7. The van der Waals surface area contributed by atoms with Crippen molar-refractivity contribution in [3.8, 4) is 0 Å². The molecular weight excluding hydrogens is 243 g/mol. The zero-order valence-corrected chi connectivity index (χ0v) is 10.2. The third-order valence-corrected chi connectivity index (χ3v) is 2.67. The van der Waals surface area contributed by atoms with Crippen molar-refractivity contribution in [3.63, 3.8) is 0 Å². The molecule has 0 saturated heterocycles. The lowest BCUT2D eigenvalue weighted by Crippen LogP contribution is -2.33. The molecule has 0 aliphatic carbocycles. The second kappa shape index (κ2) is 6.18. The Kier molecular flexibility index (Phi) is 4.33. The maximum Gasteiger partial charge on any atom is 0.491 e. The van der Waals surface area contributed by atoms with Gasteiger partial charge in [0.05, 0.1) is 12.2 Å². The number of carboxylic acid groups (broad SMARTS) is 1. The third-order valence-electron chi connectivity index (χ3n) is 2.67. The number of carbonyl (C=O) groups is 1. The zero-order chi connectivity index (χ0) is 13.7. The Hall–Kier alpha value is -2.11. The van der Waals surface area contributed by atoms with Crippen LogP contribution in [0.15, 0.2) is 54.6 Å². The van der Waals surface area contributed by atoms with Crippen LogP contribution in [0.3, 0.4) is 0 Å².